The van der Waals surface area contributed by atoms with Crippen LogP contribution in [0.15, 0.2) is 23.3 Å². The minimum absolute atomic E-state index is 0.327. The molecule has 6 aliphatic heterocycles. The van der Waals surface area contributed by atoms with Crippen molar-refractivity contribution in [2.24, 2.45) is 21.7 Å². The second-order valence-corrected chi connectivity index (χ2v) is 12.5. The van der Waals surface area contributed by atoms with E-state index in [4.69, 9.17) is 23.7 Å². The Labute approximate surface area is 191 Å². The molecule has 176 valence electrons. The second kappa shape index (κ2) is 4.34. The molecule has 2 saturated carbocycles. The summed E-state index contributed by atoms with van der Waals surface area (Å²) in [5.41, 5.74) is -5.47. The quantitative estimate of drug-likeness (QED) is 0.436. The summed E-state index contributed by atoms with van der Waals surface area (Å²) in [6, 6.07) is 0. The third-order valence-corrected chi connectivity index (χ3v) is 11.5. The van der Waals surface area contributed by atoms with Crippen LogP contribution < -0.4 is 0 Å². The van der Waals surface area contributed by atoms with Crippen molar-refractivity contribution in [2.45, 2.75) is 88.9 Å². The molecule has 8 heteroatoms. The Morgan fingerprint density at radius 2 is 1.73 bits per heavy atom. The summed E-state index contributed by atoms with van der Waals surface area (Å²) in [6.45, 7) is 11.8. The molecule has 0 aromatic rings. The van der Waals surface area contributed by atoms with Gasteiger partial charge < -0.3 is 28.8 Å². The van der Waals surface area contributed by atoms with Crippen molar-refractivity contribution in [1.82, 2.24) is 0 Å². The number of carbonyl (C=O) groups excluding carboxylic acids is 2. The van der Waals surface area contributed by atoms with Gasteiger partial charge in [-0.25, -0.2) is 4.79 Å². The standard InChI is InChI=1S/C25H28O8/c1-12-24-23(16(27)30-12)18(4)8-7-13-14(9-15(26)31-17(13,2)3)21(18)10-19(5,22(23)11-29-22)25(24,28)33-20(21,6)32-24/h7,9,12,28H,8,10-11H2,1-6H3/t12-,18+,19-,20+,21-,22+,23+,24+,25-/m1/s1. The Hall–Kier alpha value is -1.74. The number of fused-ring (bicyclic) bond motifs is 1. The first-order chi connectivity index (χ1) is 15.2. The molecule has 5 saturated heterocycles. The van der Waals surface area contributed by atoms with E-state index in [0.29, 0.717) is 19.4 Å². The SMILES string of the molecule is C[C@H]1OC(=O)[C@@]23[C@@]4(C)CC=C5C(=CC(=O)OC5(C)C)[C@]45C[C@@](C)([C@@]4(O)O[C@]5(C)O[C@]142)[C@@]31CO1. The summed E-state index contributed by atoms with van der Waals surface area (Å²) >= 11 is 0. The first-order valence-corrected chi connectivity index (χ1v) is 11.8. The molecule has 0 radical (unpaired) electrons. The van der Waals surface area contributed by atoms with Gasteiger partial charge in [0.1, 0.15) is 22.7 Å². The summed E-state index contributed by atoms with van der Waals surface area (Å²) in [4.78, 5) is 27.0. The number of ether oxygens (including phenoxy) is 5. The van der Waals surface area contributed by atoms with Crippen LogP contribution in [0.3, 0.4) is 0 Å². The van der Waals surface area contributed by atoms with Gasteiger partial charge in [0, 0.05) is 11.5 Å². The number of carbonyl (C=O) groups is 2. The van der Waals surface area contributed by atoms with Crippen molar-refractivity contribution in [1.29, 1.82) is 0 Å². The average Bonchev–Trinajstić information content (AvgIpc) is 3.38. The highest BCUT2D eigenvalue weighted by Gasteiger charge is 3.12. The van der Waals surface area contributed by atoms with E-state index in [9.17, 15) is 14.7 Å². The normalized spacial score (nSPS) is 64.2. The highest BCUT2D eigenvalue weighted by atomic mass is 16.8. The first kappa shape index (κ1) is 19.6. The lowest BCUT2D eigenvalue weighted by atomic mass is 9.32. The molecule has 33 heavy (non-hydrogen) atoms. The maximum Gasteiger partial charge on any atom is 0.331 e. The third-order valence-electron chi connectivity index (χ3n) is 11.5. The van der Waals surface area contributed by atoms with Gasteiger partial charge in [0.25, 0.3) is 0 Å². The highest BCUT2D eigenvalue weighted by molar-refractivity contribution is 5.92. The molecular formula is C25H28O8. The fourth-order valence-electron chi connectivity index (χ4n) is 10.6. The minimum atomic E-state index is -1.78. The zero-order chi connectivity index (χ0) is 23.5. The number of rotatable bonds is 0. The molecule has 8 nitrogen and oxygen atoms in total. The van der Waals surface area contributed by atoms with Crippen LogP contribution in [0.25, 0.3) is 0 Å². The second-order valence-electron chi connectivity index (χ2n) is 12.5. The summed E-state index contributed by atoms with van der Waals surface area (Å²) in [6.07, 6.45) is 3.90. The van der Waals surface area contributed by atoms with Crippen LogP contribution in [-0.2, 0) is 33.3 Å². The monoisotopic (exact) mass is 456 g/mol. The summed E-state index contributed by atoms with van der Waals surface area (Å²) in [5, 5.41) is 12.5. The Morgan fingerprint density at radius 3 is 2.39 bits per heavy atom. The van der Waals surface area contributed by atoms with Gasteiger partial charge in [0.2, 0.25) is 5.79 Å². The number of allylic oxidation sites excluding steroid dienone is 1. The maximum atomic E-state index is 14.1. The molecule has 9 atom stereocenters. The molecule has 0 aromatic carbocycles. The van der Waals surface area contributed by atoms with Gasteiger partial charge in [-0.2, -0.15) is 0 Å². The summed E-state index contributed by atoms with van der Waals surface area (Å²) < 4.78 is 31.5. The topological polar surface area (TPSA) is 104 Å². The molecule has 6 heterocycles. The minimum Gasteiger partial charge on any atom is -0.459 e. The molecule has 9 rings (SSSR count). The average molecular weight is 456 g/mol. The number of hydrogen-bond acceptors (Lipinski definition) is 8. The van der Waals surface area contributed by atoms with Gasteiger partial charge in [-0.15, -0.1) is 0 Å². The van der Waals surface area contributed by atoms with Crippen LogP contribution in [0.4, 0.5) is 0 Å². The van der Waals surface area contributed by atoms with Crippen LogP contribution >= 0.6 is 0 Å². The fraction of sp³-hybridized carbons (Fsp3) is 0.760. The lowest BCUT2D eigenvalue weighted by molar-refractivity contribution is -0.410. The van der Waals surface area contributed by atoms with Gasteiger partial charge in [0.15, 0.2) is 11.4 Å². The van der Waals surface area contributed by atoms with Crippen molar-refractivity contribution in [3.8, 4) is 0 Å². The van der Waals surface area contributed by atoms with Crippen molar-refractivity contribution < 1.29 is 38.4 Å². The van der Waals surface area contributed by atoms with Gasteiger partial charge >= 0.3 is 11.9 Å². The lowest BCUT2D eigenvalue weighted by Gasteiger charge is -2.73. The number of hydrogen-bond donors (Lipinski definition) is 1. The molecule has 0 amide bonds. The fourth-order valence-corrected chi connectivity index (χ4v) is 10.6. The lowest BCUT2D eigenvalue weighted by Crippen LogP contribution is -2.81. The smallest absolute Gasteiger partial charge is 0.331 e. The molecule has 7 fully saturated rings. The van der Waals surface area contributed by atoms with E-state index in [1.54, 1.807) is 13.0 Å². The van der Waals surface area contributed by atoms with Crippen molar-refractivity contribution in [2.75, 3.05) is 6.61 Å². The molecule has 0 unspecified atom stereocenters. The zero-order valence-corrected chi connectivity index (χ0v) is 19.7. The zero-order valence-electron chi connectivity index (χ0n) is 19.7. The van der Waals surface area contributed by atoms with E-state index < -0.39 is 68.1 Å². The predicted octanol–water partition coefficient (Wildman–Crippen LogP) is 1.90. The number of epoxide rings is 1. The predicted molar refractivity (Wildman–Crippen MR) is 109 cm³/mol. The molecular weight excluding hydrogens is 428 g/mol. The van der Waals surface area contributed by atoms with E-state index >= 15 is 0 Å². The van der Waals surface area contributed by atoms with E-state index in [1.165, 1.54) is 0 Å². The Kier molecular flexibility index (Phi) is 2.57. The molecule has 3 aliphatic carbocycles. The van der Waals surface area contributed by atoms with Gasteiger partial charge in [-0.05, 0) is 51.7 Å². The van der Waals surface area contributed by atoms with Crippen LogP contribution in [-0.4, -0.2) is 58.1 Å². The van der Waals surface area contributed by atoms with Gasteiger partial charge in [-0.1, -0.05) is 19.9 Å². The van der Waals surface area contributed by atoms with E-state index in [2.05, 4.69) is 13.0 Å². The largest absolute Gasteiger partial charge is 0.459 e. The van der Waals surface area contributed by atoms with Crippen LogP contribution in [0.1, 0.15) is 54.4 Å². The molecule has 1 N–H and O–H groups in total. The van der Waals surface area contributed by atoms with Crippen LogP contribution in [0.2, 0.25) is 0 Å². The van der Waals surface area contributed by atoms with Crippen LogP contribution in [0, 0.1) is 21.7 Å². The number of esters is 2. The third kappa shape index (κ3) is 1.23. The van der Waals surface area contributed by atoms with E-state index in [0.717, 1.165) is 11.1 Å². The Balaban J connectivity index is 1.58. The van der Waals surface area contributed by atoms with Gasteiger partial charge in [0.05, 0.1) is 17.4 Å². The summed E-state index contributed by atoms with van der Waals surface area (Å²) in [5.74, 6) is -3.89. The summed E-state index contributed by atoms with van der Waals surface area (Å²) in [7, 11) is 0. The van der Waals surface area contributed by atoms with Gasteiger partial charge in [-0.3, -0.25) is 4.79 Å². The van der Waals surface area contributed by atoms with E-state index in [1.807, 2.05) is 27.7 Å². The van der Waals surface area contributed by atoms with Crippen molar-refractivity contribution in [3.63, 3.8) is 0 Å². The maximum absolute atomic E-state index is 14.1. The van der Waals surface area contributed by atoms with Crippen LogP contribution in [0.5, 0.6) is 0 Å². The van der Waals surface area contributed by atoms with Crippen molar-refractivity contribution >= 4 is 11.9 Å². The highest BCUT2D eigenvalue weighted by Crippen LogP contribution is 2.97. The Bertz CT molecular complexity index is 1210. The Morgan fingerprint density at radius 1 is 1.03 bits per heavy atom. The molecule has 9 aliphatic rings. The molecule has 0 aromatic heterocycles. The van der Waals surface area contributed by atoms with Crippen molar-refractivity contribution in [3.05, 3.63) is 23.3 Å². The number of cyclic esters (lactones) is 2. The first-order valence-electron chi connectivity index (χ1n) is 11.8. The molecule has 6 bridgehead atoms. The van der Waals surface area contributed by atoms with E-state index in [-0.39, 0.29) is 0 Å². The molecule has 4 spiro atoms. The number of aliphatic hydroxyl groups is 1.